The maximum Gasteiger partial charge on any atom is 0.417 e. The highest BCUT2D eigenvalue weighted by Crippen LogP contribution is 2.31. The lowest BCUT2D eigenvalue weighted by Gasteiger charge is -2.29. The van der Waals surface area contributed by atoms with Gasteiger partial charge in [-0.15, -0.1) is 0 Å². The first kappa shape index (κ1) is 21.4. The molecular formula is C24H18F3N3O2. The number of halogens is 3. The molecule has 0 saturated carbocycles. The van der Waals surface area contributed by atoms with Gasteiger partial charge in [0, 0.05) is 43.2 Å². The van der Waals surface area contributed by atoms with Crippen LogP contribution in [0.1, 0.15) is 38.4 Å². The van der Waals surface area contributed by atoms with Crippen molar-refractivity contribution in [3.05, 3.63) is 88.5 Å². The predicted octanol–water partition coefficient (Wildman–Crippen LogP) is 4.10. The van der Waals surface area contributed by atoms with Crippen LogP contribution in [0, 0.1) is 11.8 Å². The second kappa shape index (κ2) is 8.71. The van der Waals surface area contributed by atoms with E-state index in [1.807, 2.05) is 6.07 Å². The molecule has 8 heteroatoms. The first-order valence-corrected chi connectivity index (χ1v) is 9.80. The summed E-state index contributed by atoms with van der Waals surface area (Å²) in [6.07, 6.45) is -1.62. The number of methoxy groups -OCH3 is 1. The van der Waals surface area contributed by atoms with Crippen LogP contribution in [-0.2, 0) is 19.1 Å². The Morgan fingerprint density at radius 2 is 1.97 bits per heavy atom. The van der Waals surface area contributed by atoms with Crippen molar-refractivity contribution >= 4 is 5.91 Å². The average Bonchev–Trinajstić information content (AvgIpc) is 2.81. The van der Waals surface area contributed by atoms with Gasteiger partial charge < -0.3 is 9.64 Å². The Balaban J connectivity index is 1.59. The number of rotatable bonds is 2. The van der Waals surface area contributed by atoms with E-state index in [1.54, 1.807) is 36.5 Å². The third-order valence-electron chi connectivity index (χ3n) is 5.09. The summed E-state index contributed by atoms with van der Waals surface area (Å²) in [5, 5.41) is 0. The summed E-state index contributed by atoms with van der Waals surface area (Å²) in [6, 6.07) is 11.3. The highest BCUT2D eigenvalue weighted by Gasteiger charge is 2.33. The summed E-state index contributed by atoms with van der Waals surface area (Å²) in [4.78, 5) is 22.7. The number of carbonyl (C=O) groups excluding carboxylic acids is 1. The first-order valence-electron chi connectivity index (χ1n) is 9.80. The molecule has 32 heavy (non-hydrogen) atoms. The standard InChI is InChI=1S/C24H18F3N3O2/c1-32-22-8-6-17(12-16(22)5-7-20-4-2-3-10-28-20)23(31)30-11-9-21-18(15-30)13-19(14-29-21)24(25,26)27/h2-4,6,8,10,12-14H,9,11,15H2,1H3. The average molecular weight is 437 g/mol. The molecule has 5 nitrogen and oxygen atoms in total. The molecule has 1 aromatic carbocycles. The molecule has 0 spiro atoms. The molecular weight excluding hydrogens is 419 g/mol. The van der Waals surface area contributed by atoms with Gasteiger partial charge in [-0.3, -0.25) is 9.78 Å². The Morgan fingerprint density at radius 1 is 1.12 bits per heavy atom. The molecule has 4 rings (SSSR count). The zero-order valence-electron chi connectivity index (χ0n) is 17.1. The molecule has 1 aliphatic rings. The summed E-state index contributed by atoms with van der Waals surface area (Å²) >= 11 is 0. The predicted molar refractivity (Wildman–Crippen MR) is 111 cm³/mol. The lowest BCUT2D eigenvalue weighted by Crippen LogP contribution is -2.36. The van der Waals surface area contributed by atoms with E-state index in [9.17, 15) is 18.0 Å². The van der Waals surface area contributed by atoms with Crippen molar-refractivity contribution in [2.24, 2.45) is 0 Å². The van der Waals surface area contributed by atoms with E-state index in [1.165, 1.54) is 12.0 Å². The Hall–Kier alpha value is -3.86. The third kappa shape index (κ3) is 4.57. The topological polar surface area (TPSA) is 55.3 Å². The quantitative estimate of drug-likeness (QED) is 0.567. The van der Waals surface area contributed by atoms with Crippen LogP contribution in [0.25, 0.3) is 0 Å². The van der Waals surface area contributed by atoms with Crippen molar-refractivity contribution in [2.75, 3.05) is 13.7 Å². The zero-order valence-corrected chi connectivity index (χ0v) is 17.1. The van der Waals surface area contributed by atoms with Crippen LogP contribution >= 0.6 is 0 Å². The highest BCUT2D eigenvalue weighted by molar-refractivity contribution is 5.95. The number of amides is 1. The molecule has 0 radical (unpaired) electrons. The number of nitrogens with zero attached hydrogens (tertiary/aromatic N) is 3. The number of alkyl halides is 3. The molecule has 0 aliphatic carbocycles. The van der Waals surface area contributed by atoms with Gasteiger partial charge in [0.15, 0.2) is 0 Å². The van der Waals surface area contributed by atoms with Gasteiger partial charge >= 0.3 is 6.18 Å². The third-order valence-corrected chi connectivity index (χ3v) is 5.09. The molecule has 0 atom stereocenters. The Kier molecular flexibility index (Phi) is 5.82. The molecule has 1 amide bonds. The smallest absolute Gasteiger partial charge is 0.417 e. The molecule has 2 aromatic heterocycles. The van der Waals surface area contributed by atoms with Gasteiger partial charge in [-0.25, -0.2) is 4.98 Å². The van der Waals surface area contributed by atoms with Crippen LogP contribution in [-0.4, -0.2) is 34.4 Å². The highest BCUT2D eigenvalue weighted by atomic mass is 19.4. The van der Waals surface area contributed by atoms with Gasteiger partial charge in [0.1, 0.15) is 11.4 Å². The molecule has 0 unspecified atom stereocenters. The van der Waals surface area contributed by atoms with Gasteiger partial charge in [0.25, 0.3) is 5.91 Å². The van der Waals surface area contributed by atoms with E-state index in [0.717, 1.165) is 12.3 Å². The van der Waals surface area contributed by atoms with Crippen molar-refractivity contribution in [1.82, 2.24) is 14.9 Å². The second-order valence-corrected chi connectivity index (χ2v) is 7.18. The van der Waals surface area contributed by atoms with Crippen molar-refractivity contribution < 1.29 is 22.7 Å². The van der Waals surface area contributed by atoms with Crippen LogP contribution in [0.5, 0.6) is 5.75 Å². The molecule has 162 valence electrons. The monoisotopic (exact) mass is 437 g/mol. The van der Waals surface area contributed by atoms with E-state index in [4.69, 9.17) is 4.74 Å². The van der Waals surface area contributed by atoms with Gasteiger partial charge in [-0.05, 0) is 47.9 Å². The molecule has 0 fully saturated rings. The second-order valence-electron chi connectivity index (χ2n) is 7.18. The number of benzene rings is 1. The van der Waals surface area contributed by atoms with E-state index >= 15 is 0 Å². The number of hydrogen-bond donors (Lipinski definition) is 0. The SMILES string of the molecule is COc1ccc(C(=O)N2CCc3ncc(C(F)(F)F)cc3C2)cc1C#Cc1ccccn1. The number of pyridine rings is 2. The van der Waals surface area contributed by atoms with Crippen molar-refractivity contribution in [3.8, 4) is 17.6 Å². The molecule has 0 N–H and O–H groups in total. The van der Waals surface area contributed by atoms with Crippen LogP contribution in [0.2, 0.25) is 0 Å². The minimum atomic E-state index is -4.48. The van der Waals surface area contributed by atoms with Gasteiger partial charge in [-0.1, -0.05) is 12.0 Å². The van der Waals surface area contributed by atoms with Crippen molar-refractivity contribution in [3.63, 3.8) is 0 Å². The fourth-order valence-corrected chi connectivity index (χ4v) is 3.44. The molecule has 3 aromatic rings. The van der Waals surface area contributed by atoms with E-state index in [2.05, 4.69) is 21.8 Å². The lowest BCUT2D eigenvalue weighted by atomic mass is 10.0. The van der Waals surface area contributed by atoms with Crippen LogP contribution in [0.3, 0.4) is 0 Å². The summed E-state index contributed by atoms with van der Waals surface area (Å²) in [6.45, 7) is 0.428. The van der Waals surface area contributed by atoms with Crippen molar-refractivity contribution in [1.29, 1.82) is 0 Å². The largest absolute Gasteiger partial charge is 0.495 e. The summed E-state index contributed by atoms with van der Waals surface area (Å²) < 4.78 is 44.5. The number of aromatic nitrogens is 2. The van der Waals surface area contributed by atoms with Crippen LogP contribution in [0.4, 0.5) is 13.2 Å². The molecule has 0 saturated heterocycles. The minimum Gasteiger partial charge on any atom is -0.495 e. The summed E-state index contributed by atoms with van der Waals surface area (Å²) in [7, 11) is 1.51. The minimum absolute atomic E-state index is 0.0616. The Bertz CT molecular complexity index is 1210. The fraction of sp³-hybridized carbons (Fsp3) is 0.208. The molecule has 0 bridgehead atoms. The van der Waals surface area contributed by atoms with Crippen molar-refractivity contribution in [2.45, 2.75) is 19.1 Å². The maximum atomic E-state index is 13.1. The fourth-order valence-electron chi connectivity index (χ4n) is 3.44. The maximum absolute atomic E-state index is 13.1. The van der Waals surface area contributed by atoms with E-state index in [-0.39, 0.29) is 12.5 Å². The number of carbonyl (C=O) groups is 1. The normalized spacial score (nSPS) is 13.1. The lowest BCUT2D eigenvalue weighted by molar-refractivity contribution is -0.137. The van der Waals surface area contributed by atoms with E-state index < -0.39 is 11.7 Å². The molecule has 1 aliphatic heterocycles. The first-order chi connectivity index (χ1) is 15.3. The van der Waals surface area contributed by atoms with Crippen LogP contribution < -0.4 is 4.74 Å². The van der Waals surface area contributed by atoms with Gasteiger partial charge in [-0.2, -0.15) is 13.2 Å². The van der Waals surface area contributed by atoms with E-state index in [0.29, 0.717) is 46.8 Å². The zero-order chi connectivity index (χ0) is 22.7. The van der Waals surface area contributed by atoms with Gasteiger partial charge in [0.05, 0.1) is 18.2 Å². The Labute approximate surface area is 182 Å². The number of ether oxygens (including phenoxy) is 1. The summed E-state index contributed by atoms with van der Waals surface area (Å²) in [5.41, 5.74) is 1.64. The number of fused-ring (bicyclic) bond motifs is 1. The Morgan fingerprint density at radius 3 is 2.69 bits per heavy atom. The van der Waals surface area contributed by atoms with Crippen LogP contribution in [0.15, 0.2) is 54.9 Å². The summed E-state index contributed by atoms with van der Waals surface area (Å²) in [5.74, 6) is 6.12. The van der Waals surface area contributed by atoms with Gasteiger partial charge in [0.2, 0.25) is 0 Å². The number of hydrogen-bond acceptors (Lipinski definition) is 4. The molecule has 3 heterocycles.